The van der Waals surface area contributed by atoms with Gasteiger partial charge in [0, 0.05) is 5.56 Å². The maximum atomic E-state index is 12.1. The Bertz CT molecular complexity index is 863. The summed E-state index contributed by atoms with van der Waals surface area (Å²) in [7, 11) is 0. The lowest BCUT2D eigenvalue weighted by atomic mass is 10.1. The first-order chi connectivity index (χ1) is 10.2. The van der Waals surface area contributed by atoms with Gasteiger partial charge >= 0.3 is 0 Å². The molecular formula is C14H8ClN5O. The first-order valence-electron chi connectivity index (χ1n) is 5.99. The Morgan fingerprint density at radius 3 is 2.71 bits per heavy atom. The van der Waals surface area contributed by atoms with Gasteiger partial charge in [-0.3, -0.25) is 4.79 Å². The minimum atomic E-state index is -0.311. The van der Waals surface area contributed by atoms with Crippen LogP contribution in [0.1, 0.15) is 15.9 Å². The van der Waals surface area contributed by atoms with Crippen LogP contribution in [0.3, 0.4) is 0 Å². The Hall–Kier alpha value is -2.91. The fourth-order valence-corrected chi connectivity index (χ4v) is 1.95. The highest BCUT2D eigenvalue weighted by atomic mass is 35.5. The first-order valence-corrected chi connectivity index (χ1v) is 6.37. The molecule has 7 heteroatoms. The number of halogens is 1. The highest BCUT2D eigenvalue weighted by Crippen LogP contribution is 2.12. The Morgan fingerprint density at radius 2 is 2.00 bits per heavy atom. The lowest BCUT2D eigenvalue weighted by Crippen LogP contribution is -2.11. The SMILES string of the molecule is N#Cc1ccc(C(=O)Nc2cn3nc(Cl)ccc3n2)cc1. The fourth-order valence-electron chi connectivity index (χ4n) is 1.80. The Morgan fingerprint density at radius 1 is 1.24 bits per heavy atom. The number of imidazole rings is 1. The molecule has 1 aromatic carbocycles. The van der Waals surface area contributed by atoms with Crippen LogP contribution in [0, 0.1) is 11.3 Å². The number of rotatable bonds is 2. The highest BCUT2D eigenvalue weighted by Gasteiger charge is 2.09. The van der Waals surface area contributed by atoms with Crippen molar-refractivity contribution >= 4 is 29.0 Å². The number of carbonyl (C=O) groups excluding carboxylic acids is 1. The molecule has 0 aliphatic rings. The van der Waals surface area contributed by atoms with E-state index in [4.69, 9.17) is 16.9 Å². The number of anilines is 1. The van der Waals surface area contributed by atoms with E-state index in [9.17, 15) is 4.79 Å². The summed E-state index contributed by atoms with van der Waals surface area (Å²) in [5, 5.41) is 15.8. The van der Waals surface area contributed by atoms with Crippen LogP contribution < -0.4 is 5.32 Å². The van der Waals surface area contributed by atoms with Crippen LogP contribution >= 0.6 is 11.6 Å². The van der Waals surface area contributed by atoms with Crippen LogP contribution in [0.25, 0.3) is 5.65 Å². The van der Waals surface area contributed by atoms with Crippen molar-refractivity contribution in [3.8, 4) is 6.07 Å². The molecule has 6 nitrogen and oxygen atoms in total. The molecule has 0 fully saturated rings. The average molecular weight is 298 g/mol. The summed E-state index contributed by atoms with van der Waals surface area (Å²) in [4.78, 5) is 16.3. The number of benzene rings is 1. The van der Waals surface area contributed by atoms with Gasteiger partial charge in [0.2, 0.25) is 0 Å². The summed E-state index contributed by atoms with van der Waals surface area (Å²) in [6.07, 6.45) is 1.57. The number of amides is 1. The predicted molar refractivity (Wildman–Crippen MR) is 77.1 cm³/mol. The summed E-state index contributed by atoms with van der Waals surface area (Å²) in [5.41, 5.74) is 1.52. The third-order valence-corrected chi connectivity index (χ3v) is 3.01. The molecule has 1 amide bonds. The Labute approximate surface area is 124 Å². The van der Waals surface area contributed by atoms with Gasteiger partial charge in [-0.1, -0.05) is 11.6 Å². The fraction of sp³-hybridized carbons (Fsp3) is 0. The van der Waals surface area contributed by atoms with Crippen molar-refractivity contribution in [1.29, 1.82) is 5.26 Å². The first kappa shape index (κ1) is 13.1. The standard InChI is InChI=1S/C14H8ClN5O/c15-11-5-6-13-17-12(8-20(13)19-11)18-14(21)10-3-1-9(7-16)2-4-10/h1-6,8H,(H,18,21). The van der Waals surface area contributed by atoms with Crippen LogP contribution in [0.15, 0.2) is 42.6 Å². The molecule has 2 heterocycles. The largest absolute Gasteiger partial charge is 0.305 e. The van der Waals surface area contributed by atoms with Gasteiger partial charge in [0.15, 0.2) is 11.5 Å². The zero-order chi connectivity index (χ0) is 14.8. The predicted octanol–water partition coefficient (Wildman–Crippen LogP) is 2.51. The third kappa shape index (κ3) is 2.68. The summed E-state index contributed by atoms with van der Waals surface area (Å²) < 4.78 is 1.48. The van der Waals surface area contributed by atoms with E-state index in [0.717, 1.165) is 0 Å². The number of hydrogen-bond acceptors (Lipinski definition) is 4. The van der Waals surface area contributed by atoms with Crippen molar-refractivity contribution in [3.63, 3.8) is 0 Å². The maximum Gasteiger partial charge on any atom is 0.256 e. The zero-order valence-electron chi connectivity index (χ0n) is 10.6. The van der Waals surface area contributed by atoms with Gasteiger partial charge < -0.3 is 5.32 Å². The van der Waals surface area contributed by atoms with Gasteiger partial charge in [-0.05, 0) is 36.4 Å². The molecule has 102 valence electrons. The molecule has 0 aliphatic heterocycles. The normalized spacial score (nSPS) is 10.3. The van der Waals surface area contributed by atoms with E-state index in [-0.39, 0.29) is 5.91 Å². The molecule has 0 radical (unpaired) electrons. The van der Waals surface area contributed by atoms with E-state index in [2.05, 4.69) is 15.4 Å². The van der Waals surface area contributed by atoms with E-state index in [0.29, 0.717) is 27.7 Å². The Balaban J connectivity index is 1.83. The number of carbonyl (C=O) groups is 1. The molecule has 0 unspecified atom stereocenters. The van der Waals surface area contributed by atoms with E-state index >= 15 is 0 Å². The van der Waals surface area contributed by atoms with Gasteiger partial charge in [-0.15, -0.1) is 0 Å². The van der Waals surface area contributed by atoms with Gasteiger partial charge in [0.05, 0.1) is 17.8 Å². The van der Waals surface area contributed by atoms with Crippen molar-refractivity contribution in [2.75, 3.05) is 5.32 Å². The van der Waals surface area contributed by atoms with Crippen molar-refractivity contribution in [3.05, 3.63) is 58.9 Å². The second-order valence-corrected chi connectivity index (χ2v) is 4.62. The van der Waals surface area contributed by atoms with Crippen molar-refractivity contribution in [1.82, 2.24) is 14.6 Å². The molecule has 0 spiro atoms. The van der Waals surface area contributed by atoms with Crippen molar-refractivity contribution < 1.29 is 4.79 Å². The molecule has 21 heavy (non-hydrogen) atoms. The van der Waals surface area contributed by atoms with Crippen LogP contribution in [0.4, 0.5) is 5.82 Å². The molecule has 1 N–H and O–H groups in total. The highest BCUT2D eigenvalue weighted by molar-refractivity contribution is 6.29. The van der Waals surface area contributed by atoms with E-state index in [1.807, 2.05) is 6.07 Å². The van der Waals surface area contributed by atoms with Gasteiger partial charge in [0.1, 0.15) is 5.15 Å². The molecular weight excluding hydrogens is 290 g/mol. The quantitative estimate of drug-likeness (QED) is 0.788. The molecule has 0 saturated carbocycles. The Kier molecular flexibility index (Phi) is 3.26. The molecule has 2 aromatic heterocycles. The molecule has 3 rings (SSSR count). The smallest absolute Gasteiger partial charge is 0.256 e. The van der Waals surface area contributed by atoms with Gasteiger partial charge in [-0.2, -0.15) is 10.4 Å². The average Bonchev–Trinajstić information content (AvgIpc) is 2.88. The van der Waals surface area contributed by atoms with Crippen LogP contribution in [0.2, 0.25) is 5.15 Å². The van der Waals surface area contributed by atoms with Crippen molar-refractivity contribution in [2.45, 2.75) is 0 Å². The number of hydrogen-bond donors (Lipinski definition) is 1. The summed E-state index contributed by atoms with van der Waals surface area (Å²) >= 11 is 5.78. The number of aromatic nitrogens is 3. The van der Waals surface area contributed by atoms with Crippen LogP contribution in [0.5, 0.6) is 0 Å². The van der Waals surface area contributed by atoms with E-state index in [1.165, 1.54) is 4.52 Å². The van der Waals surface area contributed by atoms with Gasteiger partial charge in [-0.25, -0.2) is 9.50 Å². The summed E-state index contributed by atoms with van der Waals surface area (Å²) in [6, 6.07) is 11.7. The van der Waals surface area contributed by atoms with E-state index < -0.39 is 0 Å². The van der Waals surface area contributed by atoms with E-state index in [1.54, 1.807) is 42.6 Å². The lowest BCUT2D eigenvalue weighted by Gasteiger charge is -2.01. The lowest BCUT2D eigenvalue weighted by molar-refractivity contribution is 0.102. The maximum absolute atomic E-state index is 12.1. The number of fused-ring (bicyclic) bond motifs is 1. The van der Waals surface area contributed by atoms with Crippen molar-refractivity contribution in [2.24, 2.45) is 0 Å². The second-order valence-electron chi connectivity index (χ2n) is 4.23. The molecule has 0 bridgehead atoms. The number of nitriles is 1. The molecule has 0 atom stereocenters. The summed E-state index contributed by atoms with van der Waals surface area (Å²) in [5.74, 6) is 0.0631. The number of nitrogens with zero attached hydrogens (tertiary/aromatic N) is 4. The second kappa shape index (κ2) is 5.23. The monoisotopic (exact) mass is 297 g/mol. The van der Waals surface area contributed by atoms with Crippen LogP contribution in [-0.4, -0.2) is 20.5 Å². The topological polar surface area (TPSA) is 83.1 Å². The minimum Gasteiger partial charge on any atom is -0.305 e. The summed E-state index contributed by atoms with van der Waals surface area (Å²) in [6.45, 7) is 0. The minimum absolute atomic E-state index is 0.311. The molecule has 3 aromatic rings. The third-order valence-electron chi connectivity index (χ3n) is 2.81. The molecule has 0 aliphatic carbocycles. The zero-order valence-corrected chi connectivity index (χ0v) is 11.4. The molecule has 0 saturated heterocycles. The number of nitrogens with one attached hydrogen (secondary N) is 1. The van der Waals surface area contributed by atoms with Gasteiger partial charge in [0.25, 0.3) is 5.91 Å². The van der Waals surface area contributed by atoms with Crippen LogP contribution in [-0.2, 0) is 0 Å².